The van der Waals surface area contributed by atoms with Gasteiger partial charge in [0.15, 0.2) is 5.65 Å². The van der Waals surface area contributed by atoms with Gasteiger partial charge in [-0.25, -0.2) is 14.8 Å². The van der Waals surface area contributed by atoms with Crippen LogP contribution < -0.4 is 5.32 Å². The summed E-state index contributed by atoms with van der Waals surface area (Å²) in [4.78, 5) is 39.9. The molecule has 2 aliphatic heterocycles. The summed E-state index contributed by atoms with van der Waals surface area (Å²) in [6.07, 6.45) is 7.09. The molecule has 1 atom stereocenters. The number of aromatic nitrogens is 3. The third-order valence-corrected chi connectivity index (χ3v) is 6.84. The topological polar surface area (TPSA) is 95.8 Å². The highest BCUT2D eigenvalue weighted by Gasteiger charge is 2.31. The number of carbonyl (C=O) groups excluding carboxylic acids is 2. The van der Waals surface area contributed by atoms with Crippen LogP contribution in [-0.4, -0.2) is 100 Å². The van der Waals surface area contributed by atoms with Crippen LogP contribution in [-0.2, 0) is 9.53 Å². The van der Waals surface area contributed by atoms with Crippen LogP contribution in [0.25, 0.3) is 11.2 Å². The second kappa shape index (κ2) is 11.3. The summed E-state index contributed by atoms with van der Waals surface area (Å²) < 4.78 is 7.89. The van der Waals surface area contributed by atoms with Crippen LogP contribution in [0.1, 0.15) is 45.0 Å². The Kier molecular flexibility index (Phi) is 8.13. The number of ether oxygens (including phenoxy) is 1. The molecule has 2 saturated heterocycles. The third kappa shape index (κ3) is 5.98. The van der Waals surface area contributed by atoms with Crippen LogP contribution in [0, 0.1) is 6.92 Å². The van der Waals surface area contributed by atoms with E-state index in [1.165, 1.54) is 0 Å². The Bertz CT molecular complexity index is 1100. The summed E-state index contributed by atoms with van der Waals surface area (Å²) in [6.45, 7) is 9.33. The minimum absolute atomic E-state index is 0.0269. The van der Waals surface area contributed by atoms with Gasteiger partial charge in [0.2, 0.25) is 5.91 Å². The van der Waals surface area contributed by atoms with E-state index >= 15 is 0 Å². The van der Waals surface area contributed by atoms with Crippen molar-refractivity contribution in [3.8, 4) is 0 Å². The maximum atomic E-state index is 12.8. The highest BCUT2D eigenvalue weighted by atomic mass is 16.6. The minimum atomic E-state index is -0.284. The predicted octanol–water partition coefficient (Wildman–Crippen LogP) is 3.05. The summed E-state index contributed by atoms with van der Waals surface area (Å²) in [6, 6.07) is 2.51. The van der Waals surface area contributed by atoms with Crippen LogP contribution in [0.5, 0.6) is 0 Å². The number of amides is 2. The van der Waals surface area contributed by atoms with Crippen LogP contribution in [0.2, 0.25) is 0 Å². The number of aryl methyl sites for hydroxylation is 1. The number of imidazole rings is 1. The van der Waals surface area contributed by atoms with Crippen LogP contribution in [0.4, 0.5) is 10.5 Å². The second-order valence-electron chi connectivity index (χ2n) is 10.3. The maximum absolute atomic E-state index is 12.8. The fourth-order valence-electron chi connectivity index (χ4n) is 4.97. The zero-order valence-electron chi connectivity index (χ0n) is 22.1. The lowest BCUT2D eigenvalue weighted by Gasteiger charge is -2.32. The number of carbonyl (C=O) groups is 2. The first-order chi connectivity index (χ1) is 17.2. The number of fused-ring (bicyclic) bond motifs is 1. The Morgan fingerprint density at radius 1 is 1.19 bits per heavy atom. The van der Waals surface area contributed by atoms with Crippen molar-refractivity contribution < 1.29 is 14.3 Å². The van der Waals surface area contributed by atoms with Gasteiger partial charge in [0.25, 0.3) is 0 Å². The molecule has 0 aliphatic carbocycles. The summed E-state index contributed by atoms with van der Waals surface area (Å²) in [5.41, 5.74) is 2.77. The van der Waals surface area contributed by atoms with E-state index in [4.69, 9.17) is 9.72 Å². The van der Waals surface area contributed by atoms with Gasteiger partial charge in [0.05, 0.1) is 12.2 Å². The average Bonchev–Trinajstić information content (AvgIpc) is 3.43. The van der Waals surface area contributed by atoms with Gasteiger partial charge in [-0.1, -0.05) is 6.08 Å². The zero-order valence-corrected chi connectivity index (χ0v) is 22.1. The number of piperidine rings is 1. The number of pyridine rings is 1. The van der Waals surface area contributed by atoms with Crippen molar-refractivity contribution in [3.05, 3.63) is 30.2 Å². The molecule has 1 N–H and O–H groups in total. The van der Waals surface area contributed by atoms with Crippen molar-refractivity contribution >= 4 is 28.9 Å². The highest BCUT2D eigenvalue weighted by molar-refractivity contribution is 5.88. The summed E-state index contributed by atoms with van der Waals surface area (Å²) in [5, 5.41) is 3.63. The van der Waals surface area contributed by atoms with Gasteiger partial charge < -0.3 is 29.3 Å². The molecule has 0 bridgehead atoms. The first-order valence-electron chi connectivity index (χ1n) is 12.9. The van der Waals surface area contributed by atoms with Crippen molar-refractivity contribution in [3.63, 3.8) is 0 Å². The lowest BCUT2D eigenvalue weighted by Crippen LogP contribution is -2.44. The Balaban J connectivity index is 1.26. The Hall–Kier alpha value is -3.14. The number of hydrogen-bond acceptors (Lipinski definition) is 7. The van der Waals surface area contributed by atoms with Gasteiger partial charge in [-0.05, 0) is 53.8 Å². The monoisotopic (exact) mass is 497 g/mol. The molecule has 0 aromatic carbocycles. The van der Waals surface area contributed by atoms with Crippen molar-refractivity contribution in [1.82, 2.24) is 29.2 Å². The third-order valence-electron chi connectivity index (χ3n) is 6.84. The lowest BCUT2D eigenvalue weighted by molar-refractivity contribution is -0.125. The molecule has 36 heavy (non-hydrogen) atoms. The fraction of sp³-hybridized carbons (Fsp3) is 0.615. The first kappa shape index (κ1) is 25.9. The Morgan fingerprint density at radius 2 is 1.92 bits per heavy atom. The predicted molar refractivity (Wildman–Crippen MR) is 140 cm³/mol. The standard InChI is InChI=1S/C26H39N7O3/c1-18(2)33-19(3)28-24-22(8-12-27-25(24)33)29-20-9-14-31(15-10-20)26(35)36-21-11-16-32(17-21)23(34)7-6-13-30(4)5/h6-8,12,18,20-21H,9-11,13-17H2,1-5H3,(H,27,29)/b7-6+/t21-/m1/s1. The smallest absolute Gasteiger partial charge is 0.410 e. The Morgan fingerprint density at radius 3 is 2.61 bits per heavy atom. The van der Waals surface area contributed by atoms with E-state index in [-0.39, 0.29) is 30.2 Å². The van der Waals surface area contributed by atoms with Gasteiger partial charge >= 0.3 is 6.09 Å². The molecule has 4 heterocycles. The largest absolute Gasteiger partial charge is 0.444 e. The normalized spacial score (nSPS) is 19.2. The summed E-state index contributed by atoms with van der Waals surface area (Å²) >= 11 is 0. The highest BCUT2D eigenvalue weighted by Crippen LogP contribution is 2.27. The van der Waals surface area contributed by atoms with E-state index in [0.29, 0.717) is 32.6 Å². The number of hydrogen-bond donors (Lipinski definition) is 1. The number of nitrogens with one attached hydrogen (secondary N) is 1. The molecular weight excluding hydrogens is 458 g/mol. The molecule has 2 aromatic rings. The van der Waals surface area contributed by atoms with Gasteiger partial charge in [-0.15, -0.1) is 0 Å². The van der Waals surface area contributed by atoms with Crippen LogP contribution in [0.15, 0.2) is 24.4 Å². The minimum Gasteiger partial charge on any atom is -0.444 e. The van der Waals surface area contributed by atoms with Crippen LogP contribution >= 0.6 is 0 Å². The molecule has 2 aliphatic rings. The molecule has 0 saturated carbocycles. The van der Waals surface area contributed by atoms with Crippen molar-refractivity contribution in [2.24, 2.45) is 0 Å². The molecule has 0 radical (unpaired) electrons. The molecule has 10 heteroatoms. The number of nitrogens with zero attached hydrogens (tertiary/aromatic N) is 6. The molecule has 2 fully saturated rings. The fourth-order valence-corrected chi connectivity index (χ4v) is 4.97. The van der Waals surface area contributed by atoms with Crippen molar-refractivity contribution in [2.45, 2.75) is 58.2 Å². The summed E-state index contributed by atoms with van der Waals surface area (Å²) in [7, 11) is 3.92. The quantitative estimate of drug-likeness (QED) is 0.588. The molecule has 2 amide bonds. The number of likely N-dealkylation sites (N-methyl/N-ethyl adjacent to an activating group) is 1. The van der Waals surface area contributed by atoms with Gasteiger partial charge in [0.1, 0.15) is 17.4 Å². The van der Waals surface area contributed by atoms with Crippen molar-refractivity contribution in [2.75, 3.05) is 52.1 Å². The number of anilines is 1. The average molecular weight is 498 g/mol. The van der Waals surface area contributed by atoms with E-state index in [1.807, 2.05) is 44.3 Å². The molecule has 2 aromatic heterocycles. The van der Waals surface area contributed by atoms with E-state index < -0.39 is 0 Å². The number of likely N-dealkylation sites (tertiary alicyclic amines) is 2. The molecular formula is C26H39N7O3. The Labute approximate surface area is 213 Å². The zero-order chi connectivity index (χ0) is 25.8. The van der Waals surface area contributed by atoms with Crippen LogP contribution in [0.3, 0.4) is 0 Å². The molecule has 0 unspecified atom stereocenters. The van der Waals surface area contributed by atoms with Gasteiger partial charge in [-0.3, -0.25) is 4.79 Å². The van der Waals surface area contributed by atoms with Crippen molar-refractivity contribution in [1.29, 1.82) is 0 Å². The lowest BCUT2D eigenvalue weighted by atomic mass is 10.1. The molecule has 196 valence electrons. The van der Waals surface area contributed by atoms with E-state index in [0.717, 1.165) is 42.1 Å². The second-order valence-corrected chi connectivity index (χ2v) is 10.3. The molecule has 4 rings (SSSR count). The maximum Gasteiger partial charge on any atom is 0.410 e. The SMILES string of the molecule is Cc1nc2c(NC3CCN(C(=O)O[C@@H]4CCN(C(=O)/C=C/CN(C)C)C4)CC3)ccnc2n1C(C)C. The van der Waals surface area contributed by atoms with E-state index in [9.17, 15) is 9.59 Å². The van der Waals surface area contributed by atoms with Gasteiger partial charge in [-0.2, -0.15) is 0 Å². The first-order valence-corrected chi connectivity index (χ1v) is 12.9. The molecule has 0 spiro atoms. The molecule has 10 nitrogen and oxygen atoms in total. The number of rotatable bonds is 7. The summed E-state index contributed by atoms with van der Waals surface area (Å²) in [5.74, 6) is 0.928. The van der Waals surface area contributed by atoms with E-state index in [2.05, 4.69) is 28.7 Å². The van der Waals surface area contributed by atoms with E-state index in [1.54, 1.807) is 15.9 Å². The van der Waals surface area contributed by atoms with Gasteiger partial charge in [0, 0.05) is 57.0 Å².